The Bertz CT molecular complexity index is 914. The van der Waals surface area contributed by atoms with E-state index in [-0.39, 0.29) is 17.0 Å². The van der Waals surface area contributed by atoms with E-state index in [2.05, 4.69) is 31.0 Å². The van der Waals surface area contributed by atoms with Crippen molar-refractivity contribution in [2.75, 3.05) is 5.75 Å². The first-order chi connectivity index (χ1) is 12.3. The fourth-order valence-electron chi connectivity index (χ4n) is 2.37. The number of thioether (sulfide) groups is 1. The second kappa shape index (κ2) is 7.64. The maximum atomic E-state index is 12.4. The van der Waals surface area contributed by atoms with Crippen LogP contribution in [0.25, 0.3) is 11.5 Å². The monoisotopic (exact) mass is 386 g/mol. The Kier molecular flexibility index (Phi) is 5.49. The van der Waals surface area contributed by atoms with Crippen LogP contribution < -0.4 is 0 Å². The highest BCUT2D eigenvalue weighted by Crippen LogP contribution is 2.26. The summed E-state index contributed by atoms with van der Waals surface area (Å²) >= 11 is 7.20. The molecular formula is C20H19ClN2O2S. The number of carbonyl (C=O) groups is 1. The Hall–Kier alpha value is -2.11. The van der Waals surface area contributed by atoms with Crippen LogP contribution in [-0.4, -0.2) is 21.7 Å². The van der Waals surface area contributed by atoms with E-state index in [1.165, 1.54) is 17.3 Å². The zero-order valence-corrected chi connectivity index (χ0v) is 16.4. The molecule has 0 amide bonds. The summed E-state index contributed by atoms with van der Waals surface area (Å²) in [5.74, 6) is 0.654. The first-order valence-corrected chi connectivity index (χ1v) is 9.55. The van der Waals surface area contributed by atoms with Crippen molar-refractivity contribution >= 4 is 29.1 Å². The molecule has 0 spiro atoms. The number of hydrogen-bond donors (Lipinski definition) is 0. The normalized spacial score (nSPS) is 11.5. The van der Waals surface area contributed by atoms with Crippen molar-refractivity contribution in [3.63, 3.8) is 0 Å². The Morgan fingerprint density at radius 1 is 1.12 bits per heavy atom. The molecule has 0 unspecified atom stereocenters. The maximum Gasteiger partial charge on any atom is 0.277 e. The van der Waals surface area contributed by atoms with E-state index in [9.17, 15) is 4.79 Å². The van der Waals surface area contributed by atoms with Crippen LogP contribution in [0.3, 0.4) is 0 Å². The van der Waals surface area contributed by atoms with Crippen LogP contribution >= 0.6 is 23.4 Å². The number of aromatic nitrogens is 2. The lowest BCUT2D eigenvalue weighted by Gasteiger charge is -2.18. The molecule has 3 rings (SSSR count). The Balaban J connectivity index is 1.63. The molecule has 4 nitrogen and oxygen atoms in total. The molecule has 0 fully saturated rings. The minimum atomic E-state index is 0.0259. The third-order valence-electron chi connectivity index (χ3n) is 3.88. The lowest BCUT2D eigenvalue weighted by atomic mass is 9.86. The number of carbonyl (C=O) groups excluding carboxylic acids is 1. The van der Waals surface area contributed by atoms with Crippen LogP contribution in [0.2, 0.25) is 5.02 Å². The van der Waals surface area contributed by atoms with E-state index in [1.54, 1.807) is 12.1 Å². The van der Waals surface area contributed by atoms with Crippen LogP contribution in [0.5, 0.6) is 0 Å². The third kappa shape index (κ3) is 4.54. The molecule has 2 aromatic carbocycles. The zero-order chi connectivity index (χ0) is 18.7. The van der Waals surface area contributed by atoms with E-state index < -0.39 is 0 Å². The maximum absolute atomic E-state index is 12.4. The predicted molar refractivity (Wildman–Crippen MR) is 105 cm³/mol. The number of ketones is 1. The molecule has 1 heterocycles. The fraction of sp³-hybridized carbons (Fsp3) is 0.250. The van der Waals surface area contributed by atoms with Gasteiger partial charge in [0.05, 0.1) is 5.75 Å². The molecule has 134 valence electrons. The van der Waals surface area contributed by atoms with Gasteiger partial charge in [0.15, 0.2) is 5.78 Å². The van der Waals surface area contributed by atoms with Gasteiger partial charge in [0.1, 0.15) is 0 Å². The van der Waals surface area contributed by atoms with Gasteiger partial charge in [-0.2, -0.15) is 0 Å². The van der Waals surface area contributed by atoms with E-state index >= 15 is 0 Å². The lowest BCUT2D eigenvalue weighted by molar-refractivity contribution is 0.102. The predicted octanol–water partition coefficient (Wildman–Crippen LogP) is 5.66. The van der Waals surface area contributed by atoms with Gasteiger partial charge in [-0.25, -0.2) is 0 Å². The van der Waals surface area contributed by atoms with Gasteiger partial charge in [-0.15, -0.1) is 10.2 Å². The molecule has 0 atom stereocenters. The second-order valence-corrected chi connectivity index (χ2v) is 8.29. The first-order valence-electron chi connectivity index (χ1n) is 8.19. The summed E-state index contributed by atoms with van der Waals surface area (Å²) in [6.45, 7) is 6.44. The third-order valence-corrected chi connectivity index (χ3v) is 4.93. The van der Waals surface area contributed by atoms with Crippen LogP contribution in [0.4, 0.5) is 0 Å². The summed E-state index contributed by atoms with van der Waals surface area (Å²) in [6, 6.07) is 14.9. The molecule has 0 aliphatic heterocycles. The SMILES string of the molecule is CC(C)(C)c1ccc(C(=O)CSc2nnc(-c3cccc(Cl)c3)o2)cc1. The van der Waals surface area contributed by atoms with Crippen molar-refractivity contribution in [1.82, 2.24) is 10.2 Å². The van der Waals surface area contributed by atoms with Gasteiger partial charge < -0.3 is 4.42 Å². The molecule has 6 heteroatoms. The Labute approximate surface area is 162 Å². The fourth-order valence-corrected chi connectivity index (χ4v) is 3.22. The van der Waals surface area contributed by atoms with Crippen LogP contribution in [0.1, 0.15) is 36.7 Å². The van der Waals surface area contributed by atoms with Crippen LogP contribution in [0, 0.1) is 0 Å². The molecule has 0 bridgehead atoms. The smallest absolute Gasteiger partial charge is 0.277 e. The largest absolute Gasteiger partial charge is 0.411 e. The van der Waals surface area contributed by atoms with Gasteiger partial charge in [0, 0.05) is 16.1 Å². The highest BCUT2D eigenvalue weighted by Gasteiger charge is 2.15. The minimum Gasteiger partial charge on any atom is -0.411 e. The number of benzene rings is 2. The number of halogens is 1. The number of rotatable bonds is 5. The highest BCUT2D eigenvalue weighted by atomic mass is 35.5. The quantitative estimate of drug-likeness (QED) is 0.418. The van der Waals surface area contributed by atoms with Gasteiger partial charge in [-0.1, -0.05) is 74.5 Å². The number of hydrogen-bond acceptors (Lipinski definition) is 5. The van der Waals surface area contributed by atoms with E-state index in [1.807, 2.05) is 36.4 Å². The average Bonchev–Trinajstić information content (AvgIpc) is 3.08. The van der Waals surface area contributed by atoms with Gasteiger partial charge in [-0.3, -0.25) is 4.79 Å². The van der Waals surface area contributed by atoms with Gasteiger partial charge >= 0.3 is 0 Å². The Morgan fingerprint density at radius 2 is 1.85 bits per heavy atom. The van der Waals surface area contributed by atoms with Crippen molar-refractivity contribution in [3.8, 4) is 11.5 Å². The molecular weight excluding hydrogens is 368 g/mol. The molecule has 0 aliphatic rings. The molecule has 0 aliphatic carbocycles. The summed E-state index contributed by atoms with van der Waals surface area (Å²) in [4.78, 5) is 12.4. The van der Waals surface area contributed by atoms with Crippen LogP contribution in [0.15, 0.2) is 58.2 Å². The number of nitrogens with zero attached hydrogens (tertiary/aromatic N) is 2. The van der Waals surface area contributed by atoms with Gasteiger partial charge in [0.2, 0.25) is 5.89 Å². The van der Waals surface area contributed by atoms with E-state index in [0.29, 0.717) is 21.7 Å². The number of Topliss-reactive ketones (excluding diaryl/α,β-unsaturated/α-hetero) is 1. The van der Waals surface area contributed by atoms with E-state index in [0.717, 1.165) is 5.56 Å². The van der Waals surface area contributed by atoms with Crippen molar-refractivity contribution < 1.29 is 9.21 Å². The lowest BCUT2D eigenvalue weighted by Crippen LogP contribution is -2.11. The van der Waals surface area contributed by atoms with E-state index in [4.69, 9.17) is 16.0 Å². The topological polar surface area (TPSA) is 56.0 Å². The second-order valence-electron chi connectivity index (χ2n) is 6.92. The zero-order valence-electron chi connectivity index (χ0n) is 14.8. The molecule has 0 N–H and O–H groups in total. The minimum absolute atomic E-state index is 0.0259. The van der Waals surface area contributed by atoms with Crippen LogP contribution in [-0.2, 0) is 5.41 Å². The summed E-state index contributed by atoms with van der Waals surface area (Å²) in [6.07, 6.45) is 0. The summed E-state index contributed by atoms with van der Waals surface area (Å²) < 4.78 is 5.60. The highest BCUT2D eigenvalue weighted by molar-refractivity contribution is 7.99. The standard InChI is InChI=1S/C20H19ClN2O2S/c1-20(2,3)15-9-7-13(8-10-15)17(24)12-26-19-23-22-18(25-19)14-5-4-6-16(21)11-14/h4-11H,12H2,1-3H3. The van der Waals surface area contributed by atoms with Gasteiger partial charge in [-0.05, 0) is 29.2 Å². The molecule has 26 heavy (non-hydrogen) atoms. The van der Waals surface area contributed by atoms with Crippen molar-refractivity contribution in [2.24, 2.45) is 0 Å². The van der Waals surface area contributed by atoms with Crippen molar-refractivity contribution in [1.29, 1.82) is 0 Å². The van der Waals surface area contributed by atoms with Gasteiger partial charge in [0.25, 0.3) is 5.22 Å². The summed E-state index contributed by atoms with van der Waals surface area (Å²) in [5.41, 5.74) is 2.70. The molecule has 0 radical (unpaired) electrons. The molecule has 3 aromatic rings. The molecule has 0 saturated carbocycles. The first kappa shape index (κ1) is 18.7. The van der Waals surface area contributed by atoms with Crippen molar-refractivity contribution in [2.45, 2.75) is 31.4 Å². The summed E-state index contributed by atoms with van der Waals surface area (Å²) in [7, 11) is 0. The Morgan fingerprint density at radius 3 is 2.50 bits per heavy atom. The molecule has 0 saturated heterocycles. The summed E-state index contributed by atoms with van der Waals surface area (Å²) in [5, 5.41) is 8.96. The van der Waals surface area contributed by atoms with Crippen molar-refractivity contribution in [3.05, 3.63) is 64.7 Å². The molecule has 1 aromatic heterocycles. The average molecular weight is 387 g/mol.